The molecule has 0 spiro atoms. The lowest BCUT2D eigenvalue weighted by molar-refractivity contribution is -0.158. The summed E-state index contributed by atoms with van der Waals surface area (Å²) >= 11 is 5.96. The molecule has 9 nitrogen and oxygen atoms in total. The number of hydrogen-bond donors (Lipinski definition) is 2. The quantitative estimate of drug-likeness (QED) is 0.273. The molecule has 0 amide bonds. The Bertz CT molecular complexity index is 1440. The van der Waals surface area contributed by atoms with E-state index in [9.17, 15) is 23.5 Å². The number of aromatic nitrogens is 2. The van der Waals surface area contributed by atoms with Crippen molar-refractivity contribution in [1.29, 1.82) is 0 Å². The molecule has 0 saturated heterocycles. The van der Waals surface area contributed by atoms with Crippen molar-refractivity contribution in [1.82, 2.24) is 9.13 Å². The summed E-state index contributed by atoms with van der Waals surface area (Å²) in [6, 6.07) is 12.6. The number of ether oxygens (including phenoxy) is 2. The molecule has 0 aliphatic heterocycles. The molecule has 3 aromatic rings. The molecule has 1 fully saturated rings. The standard InChI is InChI=1S/C26H27ClF2N4O5/c1-25(28,29)38-20-5-3-4-19(12-20)37-16-31-22-21(30-13-17-6-8-18(27)9-7-17)23(35)33(24(36)32(22)2)14-26(15-34)10-11-26/h3-9,12,16,30,34H,10-11,13-15H2,1-2H3/b31-16+. The van der Waals surface area contributed by atoms with Crippen molar-refractivity contribution in [3.8, 4) is 11.5 Å². The van der Waals surface area contributed by atoms with E-state index < -0.39 is 22.8 Å². The topological polar surface area (TPSA) is 107 Å². The predicted molar refractivity (Wildman–Crippen MR) is 140 cm³/mol. The van der Waals surface area contributed by atoms with Gasteiger partial charge in [0.2, 0.25) is 0 Å². The Morgan fingerprint density at radius 1 is 1.18 bits per heavy atom. The molecule has 12 heteroatoms. The van der Waals surface area contributed by atoms with E-state index in [1.54, 1.807) is 24.3 Å². The highest BCUT2D eigenvalue weighted by molar-refractivity contribution is 6.30. The first-order valence-corrected chi connectivity index (χ1v) is 12.2. The van der Waals surface area contributed by atoms with Gasteiger partial charge in [0.1, 0.15) is 17.2 Å². The van der Waals surface area contributed by atoms with Gasteiger partial charge in [0.15, 0.2) is 12.2 Å². The second-order valence-electron chi connectivity index (χ2n) is 9.31. The molecule has 1 saturated carbocycles. The third kappa shape index (κ3) is 6.59. The van der Waals surface area contributed by atoms with Gasteiger partial charge in [-0.2, -0.15) is 13.8 Å². The van der Waals surface area contributed by atoms with Crippen molar-refractivity contribution in [3.05, 3.63) is 80.0 Å². The summed E-state index contributed by atoms with van der Waals surface area (Å²) in [5, 5.41) is 13.4. The van der Waals surface area contributed by atoms with Crippen molar-refractivity contribution < 1.29 is 23.4 Å². The van der Waals surface area contributed by atoms with E-state index >= 15 is 0 Å². The number of hydrogen-bond acceptors (Lipinski definition) is 7. The zero-order chi connectivity index (χ0) is 27.5. The van der Waals surface area contributed by atoms with Gasteiger partial charge in [-0.25, -0.2) is 4.79 Å². The highest BCUT2D eigenvalue weighted by Gasteiger charge is 2.43. The molecule has 0 unspecified atom stereocenters. The van der Waals surface area contributed by atoms with Crippen LogP contribution in [-0.2, 0) is 20.1 Å². The largest absolute Gasteiger partial charge is 0.446 e. The van der Waals surface area contributed by atoms with E-state index in [4.69, 9.17) is 16.3 Å². The van der Waals surface area contributed by atoms with Crippen molar-refractivity contribution in [2.24, 2.45) is 17.5 Å². The molecular weight excluding hydrogens is 522 g/mol. The highest BCUT2D eigenvalue weighted by atomic mass is 35.5. The fourth-order valence-electron chi connectivity index (χ4n) is 3.83. The van der Waals surface area contributed by atoms with E-state index in [0.29, 0.717) is 24.8 Å². The summed E-state index contributed by atoms with van der Waals surface area (Å²) in [5.74, 6) is 0.0521. The molecule has 1 aliphatic carbocycles. The highest BCUT2D eigenvalue weighted by Crippen LogP contribution is 2.46. The van der Waals surface area contributed by atoms with Crippen molar-refractivity contribution >= 4 is 29.5 Å². The van der Waals surface area contributed by atoms with Gasteiger partial charge < -0.3 is 19.9 Å². The zero-order valence-corrected chi connectivity index (χ0v) is 21.5. The van der Waals surface area contributed by atoms with Crippen LogP contribution in [0.5, 0.6) is 11.5 Å². The molecule has 1 aromatic heterocycles. The lowest BCUT2D eigenvalue weighted by atomic mass is 10.1. The van der Waals surface area contributed by atoms with Gasteiger partial charge in [0.05, 0.1) is 6.61 Å². The minimum absolute atomic E-state index is 0.00607. The lowest BCUT2D eigenvalue weighted by Crippen LogP contribution is -2.42. The maximum Gasteiger partial charge on any atom is 0.394 e. The summed E-state index contributed by atoms with van der Waals surface area (Å²) in [5.41, 5.74) is -0.786. The van der Waals surface area contributed by atoms with Crippen LogP contribution >= 0.6 is 11.6 Å². The smallest absolute Gasteiger partial charge is 0.394 e. The minimum Gasteiger partial charge on any atom is -0.446 e. The summed E-state index contributed by atoms with van der Waals surface area (Å²) in [6.45, 7) is 0.815. The van der Waals surface area contributed by atoms with Crippen molar-refractivity contribution in [2.75, 3.05) is 11.9 Å². The number of rotatable bonds is 11. The van der Waals surface area contributed by atoms with Gasteiger partial charge in [-0.05, 0) is 42.7 Å². The normalized spacial score (nSPS) is 14.5. The molecule has 2 aromatic carbocycles. The minimum atomic E-state index is -3.37. The SMILES string of the molecule is Cn1c(/N=C/Oc2cccc(OC(C)(F)F)c2)c(NCc2ccc(Cl)cc2)c(=O)n(CC2(CO)CC2)c1=O. The predicted octanol–water partition coefficient (Wildman–Crippen LogP) is 4.32. The second-order valence-corrected chi connectivity index (χ2v) is 9.74. The molecule has 0 bridgehead atoms. The number of halogens is 3. The molecule has 4 rings (SSSR count). The Balaban J connectivity index is 1.65. The van der Waals surface area contributed by atoms with Crippen LogP contribution < -0.4 is 26.0 Å². The number of aliphatic hydroxyl groups is 1. The number of alkyl halides is 2. The van der Waals surface area contributed by atoms with E-state index in [2.05, 4.69) is 15.0 Å². The Labute approximate surface area is 221 Å². The van der Waals surface area contributed by atoms with Gasteiger partial charge in [0.25, 0.3) is 5.56 Å². The maximum atomic E-state index is 13.5. The van der Waals surface area contributed by atoms with E-state index in [1.165, 1.54) is 35.9 Å². The lowest BCUT2D eigenvalue weighted by Gasteiger charge is -2.18. The number of aliphatic hydroxyl groups excluding tert-OH is 1. The van der Waals surface area contributed by atoms with Crippen LogP contribution in [0.25, 0.3) is 0 Å². The molecule has 38 heavy (non-hydrogen) atoms. The van der Waals surface area contributed by atoms with Crippen LogP contribution in [0.1, 0.15) is 25.3 Å². The molecule has 1 heterocycles. The fraction of sp³-hybridized carbons (Fsp3) is 0.346. The molecular formula is C26H27ClF2N4O5. The Morgan fingerprint density at radius 3 is 2.50 bits per heavy atom. The fourth-order valence-corrected chi connectivity index (χ4v) is 3.95. The van der Waals surface area contributed by atoms with Gasteiger partial charge in [-0.1, -0.05) is 29.8 Å². The van der Waals surface area contributed by atoms with Gasteiger partial charge in [-0.15, -0.1) is 0 Å². The second kappa shape index (κ2) is 11.0. The number of benzene rings is 2. The molecule has 202 valence electrons. The third-order valence-corrected chi connectivity index (χ3v) is 6.41. The Morgan fingerprint density at radius 2 is 1.87 bits per heavy atom. The van der Waals surface area contributed by atoms with Crippen LogP contribution in [0.15, 0.2) is 63.1 Å². The average Bonchev–Trinajstić information content (AvgIpc) is 3.65. The molecule has 2 N–H and O–H groups in total. The molecule has 0 atom stereocenters. The van der Waals surface area contributed by atoms with Crippen molar-refractivity contribution in [2.45, 2.75) is 39.0 Å². The maximum absolute atomic E-state index is 13.5. The van der Waals surface area contributed by atoms with E-state index in [-0.39, 0.29) is 42.7 Å². The monoisotopic (exact) mass is 548 g/mol. The summed E-state index contributed by atoms with van der Waals surface area (Å²) in [7, 11) is 1.47. The number of aliphatic imine (C=N–C) groups is 1. The van der Waals surface area contributed by atoms with Gasteiger partial charge in [-0.3, -0.25) is 13.9 Å². The van der Waals surface area contributed by atoms with Crippen LogP contribution in [0.4, 0.5) is 20.3 Å². The van der Waals surface area contributed by atoms with E-state index in [1.807, 2.05) is 0 Å². The van der Waals surface area contributed by atoms with Crippen LogP contribution in [0, 0.1) is 5.41 Å². The van der Waals surface area contributed by atoms with E-state index in [0.717, 1.165) is 16.5 Å². The Hall–Kier alpha value is -3.70. The number of anilines is 1. The van der Waals surface area contributed by atoms with Crippen molar-refractivity contribution in [3.63, 3.8) is 0 Å². The van der Waals surface area contributed by atoms with Gasteiger partial charge in [0, 0.05) is 43.6 Å². The van der Waals surface area contributed by atoms with Gasteiger partial charge >= 0.3 is 11.8 Å². The molecule has 1 aliphatic rings. The van der Waals surface area contributed by atoms with Crippen LogP contribution in [-0.4, -0.2) is 33.4 Å². The van der Waals surface area contributed by atoms with Crippen LogP contribution in [0.2, 0.25) is 5.02 Å². The Kier molecular flexibility index (Phi) is 7.89. The first kappa shape index (κ1) is 27.3. The van der Waals surface area contributed by atoms with Crippen LogP contribution in [0.3, 0.4) is 0 Å². The third-order valence-electron chi connectivity index (χ3n) is 6.15. The molecule has 0 radical (unpaired) electrons. The number of nitrogens with one attached hydrogen (secondary N) is 1. The zero-order valence-electron chi connectivity index (χ0n) is 20.8. The number of nitrogens with zero attached hydrogens (tertiary/aromatic N) is 3. The summed E-state index contributed by atoms with van der Waals surface area (Å²) in [4.78, 5) is 30.8. The first-order chi connectivity index (χ1) is 18.0. The average molecular weight is 549 g/mol. The first-order valence-electron chi connectivity index (χ1n) is 11.8. The summed E-state index contributed by atoms with van der Waals surface area (Å²) in [6.07, 6.45) is -0.930. The summed E-state index contributed by atoms with van der Waals surface area (Å²) < 4.78 is 38.6.